The summed E-state index contributed by atoms with van der Waals surface area (Å²) >= 11 is 0. The third-order valence-electron chi connectivity index (χ3n) is 5.76. The molecule has 0 spiro atoms. The van der Waals surface area contributed by atoms with Gasteiger partial charge in [-0.3, -0.25) is 9.36 Å². The van der Waals surface area contributed by atoms with Crippen molar-refractivity contribution < 1.29 is 22.8 Å². The standard InChI is InChI=1S/C26H50FO4P/c1-4-6-8-9-10-11-12-13-14-15-16-17-18-19-21-23-26(28)31-25(22-20-7-5-2)24-32(27,29)30-3/h13-14,25H,4-12,15-24H2,1-3H3/b14-13+. The summed E-state index contributed by atoms with van der Waals surface area (Å²) in [5, 5.41) is 0. The first-order valence-corrected chi connectivity index (χ1v) is 14.8. The highest BCUT2D eigenvalue weighted by Gasteiger charge is 2.28. The maximum absolute atomic E-state index is 13.8. The fourth-order valence-electron chi connectivity index (χ4n) is 3.71. The highest BCUT2D eigenvalue weighted by molar-refractivity contribution is 7.53. The summed E-state index contributed by atoms with van der Waals surface area (Å²) in [7, 11) is -3.09. The Morgan fingerprint density at radius 1 is 0.812 bits per heavy atom. The normalized spacial score (nSPS) is 14.5. The fraction of sp³-hybridized carbons (Fsp3) is 0.885. The number of carbonyl (C=O) groups is 1. The molecule has 190 valence electrons. The molecule has 0 N–H and O–H groups in total. The van der Waals surface area contributed by atoms with Gasteiger partial charge in [0.2, 0.25) is 0 Å². The van der Waals surface area contributed by atoms with Crippen LogP contribution < -0.4 is 0 Å². The molecule has 0 fully saturated rings. The topological polar surface area (TPSA) is 52.6 Å². The number of halogens is 1. The summed E-state index contributed by atoms with van der Waals surface area (Å²) in [5.41, 5.74) is 0. The van der Waals surface area contributed by atoms with Gasteiger partial charge >= 0.3 is 13.6 Å². The van der Waals surface area contributed by atoms with E-state index in [0.29, 0.717) is 12.8 Å². The lowest BCUT2D eigenvalue weighted by molar-refractivity contribution is -0.148. The van der Waals surface area contributed by atoms with Crippen LogP contribution in [0.4, 0.5) is 4.20 Å². The quantitative estimate of drug-likeness (QED) is 0.0638. The fourth-order valence-corrected chi connectivity index (χ4v) is 4.60. The SMILES string of the molecule is CCCCCCCC/C=C/CCCCCCCC(=O)OC(CCCCC)CP(=O)(F)OC. The van der Waals surface area contributed by atoms with Gasteiger partial charge in [-0.2, -0.15) is 4.20 Å². The Hall–Kier alpha value is -0.670. The second-order valence-corrected chi connectivity index (χ2v) is 10.8. The summed E-state index contributed by atoms with van der Waals surface area (Å²) in [4.78, 5) is 12.1. The predicted octanol–water partition coefficient (Wildman–Crippen LogP) is 9.33. The highest BCUT2D eigenvalue weighted by Crippen LogP contribution is 2.49. The lowest BCUT2D eigenvalue weighted by atomic mass is 10.1. The molecule has 32 heavy (non-hydrogen) atoms. The number of esters is 1. The van der Waals surface area contributed by atoms with Crippen LogP contribution in [0.2, 0.25) is 0 Å². The number of unbranched alkanes of at least 4 members (excludes halogenated alkanes) is 13. The second kappa shape index (κ2) is 22.1. The molecule has 0 aliphatic heterocycles. The summed E-state index contributed by atoms with van der Waals surface area (Å²) < 4.78 is 35.2. The largest absolute Gasteiger partial charge is 0.462 e. The molecular formula is C26H50FO4P. The zero-order chi connectivity index (χ0) is 23.9. The van der Waals surface area contributed by atoms with Crippen LogP contribution in [-0.4, -0.2) is 25.3 Å². The number of rotatable bonds is 23. The Balaban J connectivity index is 3.76. The van der Waals surface area contributed by atoms with Gasteiger partial charge in [-0.25, -0.2) is 0 Å². The van der Waals surface area contributed by atoms with Gasteiger partial charge < -0.3 is 9.26 Å². The first-order chi connectivity index (χ1) is 15.4. The van der Waals surface area contributed by atoms with Gasteiger partial charge in [-0.1, -0.05) is 90.2 Å². The molecule has 4 nitrogen and oxygen atoms in total. The van der Waals surface area contributed by atoms with Crippen LogP contribution in [0, 0.1) is 0 Å². The van der Waals surface area contributed by atoms with E-state index in [1.54, 1.807) is 0 Å². The van der Waals surface area contributed by atoms with Crippen molar-refractivity contribution >= 4 is 13.6 Å². The molecule has 2 unspecified atom stereocenters. The summed E-state index contributed by atoms with van der Waals surface area (Å²) in [6.07, 6.45) is 23.0. The molecule has 0 aromatic rings. The van der Waals surface area contributed by atoms with Gasteiger partial charge in [-0.05, 0) is 44.9 Å². The Morgan fingerprint density at radius 2 is 1.31 bits per heavy atom. The van der Waals surface area contributed by atoms with Crippen LogP contribution in [0.5, 0.6) is 0 Å². The van der Waals surface area contributed by atoms with E-state index in [4.69, 9.17) is 4.74 Å². The van der Waals surface area contributed by atoms with Crippen molar-refractivity contribution in [3.63, 3.8) is 0 Å². The van der Waals surface area contributed by atoms with Gasteiger partial charge in [0.1, 0.15) is 6.10 Å². The van der Waals surface area contributed by atoms with Gasteiger partial charge in [0, 0.05) is 13.5 Å². The van der Waals surface area contributed by atoms with E-state index < -0.39 is 13.8 Å². The van der Waals surface area contributed by atoms with E-state index in [1.165, 1.54) is 57.8 Å². The average Bonchev–Trinajstić information content (AvgIpc) is 2.76. The number of hydrogen-bond acceptors (Lipinski definition) is 4. The molecule has 0 rings (SSSR count). The van der Waals surface area contributed by atoms with Crippen molar-refractivity contribution in [3.05, 3.63) is 12.2 Å². The van der Waals surface area contributed by atoms with E-state index in [9.17, 15) is 13.6 Å². The number of ether oxygens (including phenoxy) is 1. The molecule has 2 atom stereocenters. The zero-order valence-electron chi connectivity index (χ0n) is 21.1. The minimum atomic E-state index is -4.18. The van der Waals surface area contributed by atoms with E-state index in [-0.39, 0.29) is 12.1 Å². The predicted molar refractivity (Wildman–Crippen MR) is 134 cm³/mol. The van der Waals surface area contributed by atoms with Crippen molar-refractivity contribution in [1.82, 2.24) is 0 Å². The lowest BCUT2D eigenvalue weighted by Crippen LogP contribution is -2.22. The number of allylic oxidation sites excluding steroid dienone is 2. The van der Waals surface area contributed by atoms with Crippen molar-refractivity contribution in [2.24, 2.45) is 0 Å². The third kappa shape index (κ3) is 21.2. The molecular weight excluding hydrogens is 426 g/mol. The first kappa shape index (κ1) is 31.3. The smallest absolute Gasteiger partial charge is 0.370 e. The summed E-state index contributed by atoms with van der Waals surface area (Å²) in [5.74, 6) is -0.319. The lowest BCUT2D eigenvalue weighted by Gasteiger charge is -2.19. The summed E-state index contributed by atoms with van der Waals surface area (Å²) in [6, 6.07) is 0. The molecule has 0 aliphatic rings. The van der Waals surface area contributed by atoms with Crippen molar-refractivity contribution in [2.75, 3.05) is 13.3 Å². The first-order valence-electron chi connectivity index (χ1n) is 13.1. The summed E-state index contributed by atoms with van der Waals surface area (Å²) in [6.45, 7) is 4.32. The molecule has 0 bridgehead atoms. The molecule has 6 heteroatoms. The van der Waals surface area contributed by atoms with Crippen LogP contribution >= 0.6 is 7.68 Å². The molecule has 0 aliphatic carbocycles. The molecule has 0 saturated carbocycles. The molecule has 0 heterocycles. The van der Waals surface area contributed by atoms with Crippen molar-refractivity contribution in [1.29, 1.82) is 0 Å². The van der Waals surface area contributed by atoms with Crippen LogP contribution in [0.25, 0.3) is 0 Å². The maximum Gasteiger partial charge on any atom is 0.370 e. The Labute approximate surface area is 197 Å². The second-order valence-electron chi connectivity index (χ2n) is 8.90. The monoisotopic (exact) mass is 476 g/mol. The minimum absolute atomic E-state index is 0.319. The highest BCUT2D eigenvalue weighted by atomic mass is 31.2. The van der Waals surface area contributed by atoms with Gasteiger partial charge in [-0.15, -0.1) is 0 Å². The Kier molecular flexibility index (Phi) is 21.7. The van der Waals surface area contributed by atoms with E-state index in [2.05, 4.69) is 30.5 Å². The minimum Gasteiger partial charge on any atom is -0.462 e. The van der Waals surface area contributed by atoms with E-state index >= 15 is 0 Å². The molecule has 0 aromatic heterocycles. The van der Waals surface area contributed by atoms with Crippen LogP contribution in [0.15, 0.2) is 12.2 Å². The average molecular weight is 477 g/mol. The van der Waals surface area contributed by atoms with Gasteiger partial charge in [0.05, 0.1) is 6.16 Å². The maximum atomic E-state index is 13.8. The van der Waals surface area contributed by atoms with Crippen molar-refractivity contribution in [2.45, 2.75) is 136 Å². The molecule has 0 saturated heterocycles. The van der Waals surface area contributed by atoms with Crippen LogP contribution in [0.3, 0.4) is 0 Å². The Morgan fingerprint density at radius 3 is 1.88 bits per heavy atom. The van der Waals surface area contributed by atoms with E-state index in [0.717, 1.165) is 52.1 Å². The molecule has 0 amide bonds. The van der Waals surface area contributed by atoms with E-state index in [1.807, 2.05) is 0 Å². The Bertz CT molecular complexity index is 510. The van der Waals surface area contributed by atoms with Crippen molar-refractivity contribution in [3.8, 4) is 0 Å². The number of hydrogen-bond donors (Lipinski definition) is 0. The third-order valence-corrected chi connectivity index (χ3v) is 7.15. The zero-order valence-corrected chi connectivity index (χ0v) is 22.0. The molecule has 0 aromatic carbocycles. The number of carbonyl (C=O) groups excluding carboxylic acids is 1. The van der Waals surface area contributed by atoms with Gasteiger partial charge in [0.25, 0.3) is 0 Å². The molecule has 0 radical (unpaired) electrons. The van der Waals surface area contributed by atoms with Gasteiger partial charge in [0.15, 0.2) is 0 Å². The van der Waals surface area contributed by atoms with Crippen LogP contribution in [0.1, 0.15) is 129 Å². The van der Waals surface area contributed by atoms with Crippen LogP contribution in [-0.2, 0) is 18.6 Å².